The SMILES string of the molecule is CCCS(=O)(=O)c1ccc(NCCCC(C)N)cc1. The molecule has 1 aromatic carbocycles. The van der Waals surface area contributed by atoms with Gasteiger partial charge in [-0.15, -0.1) is 0 Å². The number of hydrogen-bond acceptors (Lipinski definition) is 4. The molecule has 5 heteroatoms. The van der Waals surface area contributed by atoms with Gasteiger partial charge in [0.05, 0.1) is 10.6 Å². The summed E-state index contributed by atoms with van der Waals surface area (Å²) in [7, 11) is -3.11. The summed E-state index contributed by atoms with van der Waals surface area (Å²) >= 11 is 0. The summed E-state index contributed by atoms with van der Waals surface area (Å²) in [6.45, 7) is 4.71. The van der Waals surface area contributed by atoms with Crippen LogP contribution in [0, 0.1) is 0 Å². The van der Waals surface area contributed by atoms with Gasteiger partial charge in [0.15, 0.2) is 9.84 Å². The molecule has 0 saturated heterocycles. The summed E-state index contributed by atoms with van der Waals surface area (Å²) in [5, 5.41) is 3.26. The lowest BCUT2D eigenvalue weighted by atomic mass is 10.2. The fourth-order valence-corrected chi connectivity index (χ4v) is 3.15. The summed E-state index contributed by atoms with van der Waals surface area (Å²) in [4.78, 5) is 0.399. The topological polar surface area (TPSA) is 72.2 Å². The van der Waals surface area contributed by atoms with Gasteiger partial charge in [-0.05, 0) is 50.5 Å². The van der Waals surface area contributed by atoms with Gasteiger partial charge in [-0.2, -0.15) is 0 Å². The standard InChI is InChI=1S/C14H24N2O2S/c1-3-11-19(17,18)14-8-6-13(7-9-14)16-10-4-5-12(2)15/h6-9,12,16H,3-5,10-11,15H2,1-2H3. The van der Waals surface area contributed by atoms with Gasteiger partial charge < -0.3 is 11.1 Å². The van der Waals surface area contributed by atoms with Crippen LogP contribution in [0.5, 0.6) is 0 Å². The maximum atomic E-state index is 11.8. The molecule has 1 atom stereocenters. The zero-order chi connectivity index (χ0) is 14.3. The first-order valence-corrected chi connectivity index (χ1v) is 8.43. The van der Waals surface area contributed by atoms with E-state index in [0.717, 1.165) is 25.1 Å². The second-order valence-electron chi connectivity index (χ2n) is 4.89. The van der Waals surface area contributed by atoms with Crippen molar-refractivity contribution >= 4 is 15.5 Å². The van der Waals surface area contributed by atoms with E-state index in [1.165, 1.54) is 0 Å². The number of rotatable bonds is 8. The molecule has 1 unspecified atom stereocenters. The van der Waals surface area contributed by atoms with Crippen molar-refractivity contribution in [1.82, 2.24) is 0 Å². The molecule has 0 fully saturated rings. The highest BCUT2D eigenvalue weighted by atomic mass is 32.2. The lowest BCUT2D eigenvalue weighted by molar-refractivity contribution is 0.594. The van der Waals surface area contributed by atoms with Crippen LogP contribution in [-0.4, -0.2) is 26.8 Å². The second-order valence-corrected chi connectivity index (χ2v) is 7.00. The molecular weight excluding hydrogens is 260 g/mol. The van der Waals surface area contributed by atoms with Crippen molar-refractivity contribution in [2.75, 3.05) is 17.6 Å². The number of sulfone groups is 1. The van der Waals surface area contributed by atoms with Gasteiger partial charge in [-0.25, -0.2) is 8.42 Å². The molecule has 4 nitrogen and oxygen atoms in total. The normalized spacial score (nSPS) is 13.2. The van der Waals surface area contributed by atoms with Crippen LogP contribution in [0.4, 0.5) is 5.69 Å². The average molecular weight is 284 g/mol. The minimum atomic E-state index is -3.11. The summed E-state index contributed by atoms with van der Waals surface area (Å²) in [6, 6.07) is 7.18. The van der Waals surface area contributed by atoms with Crippen molar-refractivity contribution in [3.63, 3.8) is 0 Å². The van der Waals surface area contributed by atoms with Crippen LogP contribution in [0.1, 0.15) is 33.1 Å². The van der Waals surface area contributed by atoms with Crippen molar-refractivity contribution in [3.05, 3.63) is 24.3 Å². The van der Waals surface area contributed by atoms with Gasteiger partial charge in [-0.3, -0.25) is 0 Å². The first kappa shape index (κ1) is 16.0. The highest BCUT2D eigenvalue weighted by Gasteiger charge is 2.12. The fraction of sp³-hybridized carbons (Fsp3) is 0.571. The Balaban J connectivity index is 2.52. The Labute approximate surface area is 116 Å². The number of anilines is 1. The molecule has 0 aliphatic carbocycles. The Morgan fingerprint density at radius 1 is 1.26 bits per heavy atom. The molecule has 1 rings (SSSR count). The molecule has 0 radical (unpaired) electrons. The van der Waals surface area contributed by atoms with Crippen molar-refractivity contribution in [2.45, 2.75) is 44.0 Å². The molecular formula is C14H24N2O2S. The van der Waals surface area contributed by atoms with E-state index >= 15 is 0 Å². The van der Waals surface area contributed by atoms with Crippen molar-refractivity contribution in [3.8, 4) is 0 Å². The minimum Gasteiger partial charge on any atom is -0.385 e. The smallest absolute Gasteiger partial charge is 0.178 e. The van der Waals surface area contributed by atoms with E-state index in [2.05, 4.69) is 5.32 Å². The number of nitrogens with one attached hydrogen (secondary N) is 1. The average Bonchev–Trinajstić information content (AvgIpc) is 2.35. The maximum absolute atomic E-state index is 11.8. The predicted molar refractivity (Wildman–Crippen MR) is 80.2 cm³/mol. The third-order valence-corrected chi connectivity index (χ3v) is 4.79. The highest BCUT2D eigenvalue weighted by molar-refractivity contribution is 7.91. The van der Waals surface area contributed by atoms with E-state index in [0.29, 0.717) is 11.3 Å². The van der Waals surface area contributed by atoms with Crippen LogP contribution >= 0.6 is 0 Å². The third kappa shape index (κ3) is 5.61. The lowest BCUT2D eigenvalue weighted by Crippen LogP contribution is -2.16. The summed E-state index contributed by atoms with van der Waals surface area (Å²) in [6.07, 6.45) is 2.63. The number of benzene rings is 1. The first-order valence-electron chi connectivity index (χ1n) is 6.78. The summed E-state index contributed by atoms with van der Waals surface area (Å²) in [5.41, 5.74) is 6.62. The van der Waals surface area contributed by atoms with Gasteiger partial charge >= 0.3 is 0 Å². The summed E-state index contributed by atoms with van der Waals surface area (Å²) in [5.74, 6) is 0.203. The van der Waals surface area contributed by atoms with Crippen LogP contribution < -0.4 is 11.1 Å². The lowest BCUT2D eigenvalue weighted by Gasteiger charge is -2.09. The molecule has 0 saturated carbocycles. The molecule has 108 valence electrons. The molecule has 0 spiro atoms. The Morgan fingerprint density at radius 3 is 2.42 bits per heavy atom. The van der Waals surface area contributed by atoms with Crippen LogP contribution in [0.2, 0.25) is 0 Å². The Kier molecular flexibility index (Phi) is 6.31. The maximum Gasteiger partial charge on any atom is 0.178 e. The second kappa shape index (κ2) is 7.50. The molecule has 0 aliphatic rings. The molecule has 3 N–H and O–H groups in total. The van der Waals surface area contributed by atoms with Crippen LogP contribution in [0.25, 0.3) is 0 Å². The minimum absolute atomic E-state index is 0.203. The Bertz CT molecular complexity index is 467. The predicted octanol–water partition coefficient (Wildman–Crippen LogP) is 2.41. The van der Waals surface area contributed by atoms with E-state index in [4.69, 9.17) is 5.73 Å². The zero-order valence-corrected chi connectivity index (χ0v) is 12.5. The van der Waals surface area contributed by atoms with Crippen LogP contribution in [0.3, 0.4) is 0 Å². The number of nitrogens with two attached hydrogens (primary N) is 1. The van der Waals surface area contributed by atoms with Gasteiger partial charge in [0.1, 0.15) is 0 Å². The molecule has 1 aromatic rings. The van der Waals surface area contributed by atoms with Crippen molar-refractivity contribution in [1.29, 1.82) is 0 Å². The molecule has 0 heterocycles. The van der Waals surface area contributed by atoms with Gasteiger partial charge in [0.2, 0.25) is 0 Å². The Hall–Kier alpha value is -1.07. The number of hydrogen-bond donors (Lipinski definition) is 2. The molecule has 19 heavy (non-hydrogen) atoms. The van der Waals surface area contributed by atoms with E-state index in [1.54, 1.807) is 12.1 Å². The van der Waals surface area contributed by atoms with Crippen LogP contribution in [0.15, 0.2) is 29.2 Å². The monoisotopic (exact) mass is 284 g/mol. The highest BCUT2D eigenvalue weighted by Crippen LogP contribution is 2.16. The third-order valence-electron chi connectivity index (χ3n) is 2.85. The van der Waals surface area contributed by atoms with Crippen LogP contribution in [-0.2, 0) is 9.84 Å². The van der Waals surface area contributed by atoms with E-state index in [1.807, 2.05) is 26.0 Å². The summed E-state index contributed by atoms with van der Waals surface area (Å²) < 4.78 is 23.7. The van der Waals surface area contributed by atoms with E-state index in [9.17, 15) is 8.42 Å². The van der Waals surface area contributed by atoms with E-state index in [-0.39, 0.29) is 11.8 Å². The quantitative estimate of drug-likeness (QED) is 0.719. The van der Waals surface area contributed by atoms with Crippen molar-refractivity contribution < 1.29 is 8.42 Å². The van der Waals surface area contributed by atoms with E-state index < -0.39 is 9.84 Å². The van der Waals surface area contributed by atoms with Gasteiger partial charge in [-0.1, -0.05) is 6.92 Å². The molecule has 0 bridgehead atoms. The molecule has 0 amide bonds. The largest absolute Gasteiger partial charge is 0.385 e. The Morgan fingerprint density at radius 2 is 1.89 bits per heavy atom. The first-order chi connectivity index (χ1) is 8.95. The van der Waals surface area contributed by atoms with Crippen molar-refractivity contribution in [2.24, 2.45) is 5.73 Å². The van der Waals surface area contributed by atoms with Gasteiger partial charge in [0, 0.05) is 18.3 Å². The zero-order valence-electron chi connectivity index (χ0n) is 11.7. The molecule has 0 aromatic heterocycles. The fourth-order valence-electron chi connectivity index (χ4n) is 1.82. The molecule has 0 aliphatic heterocycles. The van der Waals surface area contributed by atoms with Gasteiger partial charge in [0.25, 0.3) is 0 Å².